The number of fused-ring (bicyclic) bond motifs is 1. The molecule has 0 saturated heterocycles. The summed E-state index contributed by atoms with van der Waals surface area (Å²) in [4.78, 5) is 1.97. The van der Waals surface area contributed by atoms with E-state index in [0.717, 1.165) is 17.2 Å². The molecule has 100 valence electrons. The highest BCUT2D eigenvalue weighted by Crippen LogP contribution is 2.20. The monoisotopic (exact) mass is 266 g/mol. The topological polar surface area (TPSA) is 51.9 Å². The first-order valence-electron chi connectivity index (χ1n) is 6.39. The summed E-state index contributed by atoms with van der Waals surface area (Å²) in [5.41, 5.74) is 1.11. The number of ether oxygens (including phenoxy) is 1. The fourth-order valence-electron chi connectivity index (χ4n) is 2.10. The minimum Gasteiger partial charge on any atom is -0.485 e. The number of benzene rings is 1. The summed E-state index contributed by atoms with van der Waals surface area (Å²) >= 11 is 0. The van der Waals surface area contributed by atoms with E-state index in [1.54, 1.807) is 5.01 Å². The largest absolute Gasteiger partial charge is 0.485 e. The second-order valence-electron chi connectivity index (χ2n) is 4.50. The number of amidine groups is 1. The molecule has 0 atom stereocenters. The van der Waals surface area contributed by atoms with Crippen molar-refractivity contribution in [3.8, 4) is 6.07 Å². The Morgan fingerprint density at radius 2 is 2.15 bits per heavy atom. The van der Waals surface area contributed by atoms with Crippen LogP contribution in [0, 0.1) is 11.3 Å². The SMILES string of the molecule is N#CCN1CN2C=CC=C(OCc3ccccc3)C2=N1. The average Bonchev–Trinajstić information content (AvgIpc) is 2.89. The van der Waals surface area contributed by atoms with Crippen molar-refractivity contribution in [3.63, 3.8) is 0 Å². The van der Waals surface area contributed by atoms with Crippen LogP contribution in [0.1, 0.15) is 5.56 Å². The predicted octanol–water partition coefficient (Wildman–Crippen LogP) is 2.03. The summed E-state index contributed by atoms with van der Waals surface area (Å²) in [5.74, 6) is 1.50. The summed E-state index contributed by atoms with van der Waals surface area (Å²) < 4.78 is 5.84. The minimum atomic E-state index is 0.278. The Labute approximate surface area is 117 Å². The van der Waals surface area contributed by atoms with Gasteiger partial charge in [0.25, 0.3) is 0 Å². The van der Waals surface area contributed by atoms with E-state index in [1.165, 1.54) is 0 Å². The maximum Gasteiger partial charge on any atom is 0.196 e. The number of hydrogen-bond donors (Lipinski definition) is 0. The third-order valence-corrected chi connectivity index (χ3v) is 3.05. The predicted molar refractivity (Wildman–Crippen MR) is 74.9 cm³/mol. The molecule has 5 heteroatoms. The Morgan fingerprint density at radius 3 is 2.95 bits per heavy atom. The molecule has 2 heterocycles. The number of hydrazone groups is 1. The Morgan fingerprint density at radius 1 is 1.30 bits per heavy atom. The van der Waals surface area contributed by atoms with Gasteiger partial charge in [0.15, 0.2) is 11.6 Å². The van der Waals surface area contributed by atoms with Crippen molar-refractivity contribution < 1.29 is 4.74 Å². The highest BCUT2D eigenvalue weighted by atomic mass is 16.5. The van der Waals surface area contributed by atoms with E-state index in [-0.39, 0.29) is 6.54 Å². The van der Waals surface area contributed by atoms with Gasteiger partial charge in [-0.2, -0.15) is 10.4 Å². The zero-order valence-corrected chi connectivity index (χ0v) is 10.9. The molecule has 0 spiro atoms. The minimum absolute atomic E-state index is 0.278. The summed E-state index contributed by atoms with van der Waals surface area (Å²) in [5, 5.41) is 14.9. The molecule has 1 aromatic rings. The van der Waals surface area contributed by atoms with Crippen LogP contribution in [-0.2, 0) is 11.3 Å². The van der Waals surface area contributed by atoms with Crippen molar-refractivity contribution in [1.29, 1.82) is 5.26 Å². The van der Waals surface area contributed by atoms with Crippen molar-refractivity contribution >= 4 is 5.84 Å². The molecule has 0 aliphatic carbocycles. The molecule has 0 radical (unpaired) electrons. The van der Waals surface area contributed by atoms with E-state index < -0.39 is 0 Å². The maximum atomic E-state index is 8.73. The first-order valence-corrected chi connectivity index (χ1v) is 6.39. The van der Waals surface area contributed by atoms with Gasteiger partial charge in [0.05, 0.1) is 6.07 Å². The Balaban J connectivity index is 1.70. The Bertz CT molecular complexity index is 613. The number of rotatable bonds is 4. The van der Waals surface area contributed by atoms with Crippen LogP contribution in [0.3, 0.4) is 0 Å². The average molecular weight is 266 g/mol. The summed E-state index contributed by atoms with van der Waals surface area (Å²) in [6.07, 6.45) is 5.76. The lowest BCUT2D eigenvalue weighted by molar-refractivity contribution is 0.212. The lowest BCUT2D eigenvalue weighted by Crippen LogP contribution is -2.29. The lowest BCUT2D eigenvalue weighted by atomic mass is 10.2. The molecule has 2 aliphatic heterocycles. The van der Waals surface area contributed by atoms with E-state index >= 15 is 0 Å². The van der Waals surface area contributed by atoms with Crippen molar-refractivity contribution in [1.82, 2.24) is 9.91 Å². The van der Waals surface area contributed by atoms with Crippen LogP contribution in [0.5, 0.6) is 0 Å². The van der Waals surface area contributed by atoms with E-state index in [2.05, 4.69) is 11.2 Å². The van der Waals surface area contributed by atoms with Gasteiger partial charge in [-0.1, -0.05) is 30.3 Å². The van der Waals surface area contributed by atoms with Crippen molar-refractivity contribution in [2.75, 3.05) is 13.2 Å². The first kappa shape index (κ1) is 12.3. The van der Waals surface area contributed by atoms with Gasteiger partial charge in [0.1, 0.15) is 19.8 Å². The van der Waals surface area contributed by atoms with E-state index in [4.69, 9.17) is 10.00 Å². The normalized spacial score (nSPS) is 16.4. The van der Waals surface area contributed by atoms with Crippen LogP contribution in [0.2, 0.25) is 0 Å². The standard InChI is InChI=1S/C15H14N4O/c16-8-10-19-12-18-9-4-7-14(15(18)17-19)20-11-13-5-2-1-3-6-13/h1-7,9H,10-12H2. The Kier molecular flexibility index (Phi) is 3.38. The van der Waals surface area contributed by atoms with Gasteiger partial charge in [-0.25, -0.2) is 0 Å². The van der Waals surface area contributed by atoms with E-state index in [1.807, 2.05) is 53.6 Å². The molecule has 0 N–H and O–H groups in total. The summed E-state index contributed by atoms with van der Waals surface area (Å²) in [6, 6.07) is 12.1. The second kappa shape index (κ2) is 5.49. The van der Waals surface area contributed by atoms with Crippen LogP contribution < -0.4 is 0 Å². The molecular formula is C15H14N4O. The number of nitriles is 1. The van der Waals surface area contributed by atoms with Crippen LogP contribution in [0.25, 0.3) is 0 Å². The molecule has 1 aromatic carbocycles. The zero-order valence-electron chi connectivity index (χ0n) is 10.9. The van der Waals surface area contributed by atoms with E-state index in [0.29, 0.717) is 13.3 Å². The number of nitrogens with zero attached hydrogens (tertiary/aromatic N) is 4. The van der Waals surface area contributed by atoms with Crippen LogP contribution in [0.15, 0.2) is 59.5 Å². The number of allylic oxidation sites excluding steroid dienone is 2. The van der Waals surface area contributed by atoms with Crippen LogP contribution >= 0.6 is 0 Å². The molecule has 20 heavy (non-hydrogen) atoms. The smallest absolute Gasteiger partial charge is 0.196 e. The fraction of sp³-hybridized carbons (Fsp3) is 0.200. The molecule has 3 rings (SSSR count). The third-order valence-electron chi connectivity index (χ3n) is 3.05. The van der Waals surface area contributed by atoms with Gasteiger partial charge in [0.2, 0.25) is 0 Å². The molecule has 0 aromatic heterocycles. The van der Waals surface area contributed by atoms with Crippen molar-refractivity contribution in [2.24, 2.45) is 5.10 Å². The van der Waals surface area contributed by atoms with Crippen molar-refractivity contribution in [3.05, 3.63) is 60.0 Å². The molecule has 0 unspecified atom stereocenters. The summed E-state index contributed by atoms with van der Waals surface area (Å²) in [7, 11) is 0. The molecule has 2 aliphatic rings. The van der Waals surface area contributed by atoms with Gasteiger partial charge >= 0.3 is 0 Å². The van der Waals surface area contributed by atoms with Gasteiger partial charge in [0, 0.05) is 6.20 Å². The zero-order chi connectivity index (χ0) is 13.8. The molecule has 0 amide bonds. The quantitative estimate of drug-likeness (QED) is 0.782. The van der Waals surface area contributed by atoms with Crippen molar-refractivity contribution in [2.45, 2.75) is 6.61 Å². The number of hydrogen-bond acceptors (Lipinski definition) is 5. The lowest BCUT2D eigenvalue weighted by Gasteiger charge is -2.20. The van der Waals surface area contributed by atoms with E-state index in [9.17, 15) is 0 Å². The molecule has 5 nitrogen and oxygen atoms in total. The maximum absolute atomic E-state index is 8.73. The highest BCUT2D eigenvalue weighted by molar-refractivity contribution is 5.99. The summed E-state index contributed by atoms with van der Waals surface area (Å²) in [6.45, 7) is 1.37. The fourth-order valence-corrected chi connectivity index (χ4v) is 2.10. The van der Waals surface area contributed by atoms with Gasteiger partial charge in [-0.15, -0.1) is 0 Å². The molecule has 0 bridgehead atoms. The van der Waals surface area contributed by atoms with Crippen LogP contribution in [0.4, 0.5) is 0 Å². The first-order chi connectivity index (χ1) is 9.86. The highest BCUT2D eigenvalue weighted by Gasteiger charge is 2.26. The molecule has 0 fully saturated rings. The second-order valence-corrected chi connectivity index (χ2v) is 4.50. The van der Waals surface area contributed by atoms with Gasteiger partial charge < -0.3 is 9.64 Å². The van der Waals surface area contributed by atoms with Gasteiger partial charge in [-0.05, 0) is 17.7 Å². The van der Waals surface area contributed by atoms with Crippen LogP contribution in [-0.4, -0.2) is 29.0 Å². The molecule has 0 saturated carbocycles. The third kappa shape index (κ3) is 2.50. The molecular weight excluding hydrogens is 252 g/mol. The van der Waals surface area contributed by atoms with Gasteiger partial charge in [-0.3, -0.25) is 5.01 Å². The Hall–Kier alpha value is -2.74.